The maximum Gasteiger partial charge on any atom is 0.406 e. The summed E-state index contributed by atoms with van der Waals surface area (Å²) in [6, 6.07) is 0. The number of fused-ring (bicyclic) bond motifs is 1. The SMILES string of the molecule is CC(=O)O[C@H]1O[C@@H](n2c(=O)n(CC(F)(F)F)c3cnc(N)nc32)[C@H](OC(C)=O)[C@H]1F. The molecule has 2 N–H and O–H groups in total. The molecule has 0 spiro atoms. The molecule has 3 rings (SSSR count). The lowest BCUT2D eigenvalue weighted by atomic mass is 10.2. The van der Waals surface area contributed by atoms with E-state index in [1.165, 1.54) is 0 Å². The number of hydrogen-bond acceptors (Lipinski definition) is 9. The van der Waals surface area contributed by atoms with Crippen molar-refractivity contribution in [3.05, 3.63) is 16.7 Å². The van der Waals surface area contributed by atoms with Gasteiger partial charge in [0.2, 0.25) is 18.4 Å². The van der Waals surface area contributed by atoms with Gasteiger partial charge in [-0.3, -0.25) is 14.2 Å². The lowest BCUT2D eigenvalue weighted by molar-refractivity contribution is -0.186. The number of alkyl halides is 4. The molecule has 11 nitrogen and oxygen atoms in total. The molecule has 0 amide bonds. The van der Waals surface area contributed by atoms with E-state index in [0.717, 1.165) is 20.0 Å². The summed E-state index contributed by atoms with van der Waals surface area (Å²) in [4.78, 5) is 42.7. The van der Waals surface area contributed by atoms with Gasteiger partial charge < -0.3 is 19.9 Å². The third-order valence-electron chi connectivity index (χ3n) is 4.03. The summed E-state index contributed by atoms with van der Waals surface area (Å²) < 4.78 is 69.3. The quantitative estimate of drug-likeness (QED) is 0.532. The molecular formula is C15H15F4N5O6. The number of carbonyl (C=O) groups excluding carboxylic acids is 2. The lowest BCUT2D eigenvalue weighted by Gasteiger charge is -2.19. The van der Waals surface area contributed by atoms with Crippen LogP contribution < -0.4 is 11.4 Å². The largest absolute Gasteiger partial charge is 0.454 e. The Balaban J connectivity index is 2.19. The van der Waals surface area contributed by atoms with Crippen LogP contribution in [0.2, 0.25) is 0 Å². The van der Waals surface area contributed by atoms with Crippen molar-refractivity contribution in [2.75, 3.05) is 5.73 Å². The highest BCUT2D eigenvalue weighted by atomic mass is 19.4. The van der Waals surface area contributed by atoms with Crippen LogP contribution >= 0.6 is 0 Å². The second-order valence-corrected chi connectivity index (χ2v) is 6.31. The zero-order valence-corrected chi connectivity index (χ0v) is 15.4. The van der Waals surface area contributed by atoms with Crippen LogP contribution in [0.5, 0.6) is 0 Å². The number of hydrogen-bond donors (Lipinski definition) is 1. The maximum atomic E-state index is 14.8. The van der Waals surface area contributed by atoms with Crippen molar-refractivity contribution in [3.8, 4) is 0 Å². The van der Waals surface area contributed by atoms with Gasteiger partial charge in [0.15, 0.2) is 18.0 Å². The molecule has 1 saturated heterocycles. The number of nitrogens with zero attached hydrogens (tertiary/aromatic N) is 4. The van der Waals surface area contributed by atoms with Crippen LogP contribution in [0.4, 0.5) is 23.5 Å². The van der Waals surface area contributed by atoms with Crippen molar-refractivity contribution in [1.82, 2.24) is 19.1 Å². The van der Waals surface area contributed by atoms with Crippen LogP contribution in [-0.4, -0.2) is 55.8 Å². The summed E-state index contributed by atoms with van der Waals surface area (Å²) in [6.45, 7) is 0.193. The molecular weight excluding hydrogens is 422 g/mol. The molecule has 0 bridgehead atoms. The predicted octanol–water partition coefficient (Wildman–Crippen LogP) is 0.425. The normalized spacial score (nSPS) is 24.2. The molecule has 4 atom stereocenters. The van der Waals surface area contributed by atoms with Gasteiger partial charge in [-0.25, -0.2) is 18.7 Å². The van der Waals surface area contributed by atoms with Crippen molar-refractivity contribution in [2.24, 2.45) is 0 Å². The Bertz CT molecular complexity index is 1050. The molecule has 0 unspecified atom stereocenters. The first kappa shape index (κ1) is 21.5. The molecule has 0 aliphatic carbocycles. The fraction of sp³-hybridized carbons (Fsp3) is 0.533. The Morgan fingerprint density at radius 1 is 1.27 bits per heavy atom. The Hall–Kier alpha value is -3.23. The molecule has 0 saturated carbocycles. The molecule has 2 aromatic rings. The number of esters is 2. The van der Waals surface area contributed by atoms with Crippen LogP contribution in [0, 0.1) is 0 Å². The Morgan fingerprint density at radius 3 is 2.47 bits per heavy atom. The molecule has 1 aliphatic rings. The molecule has 3 heterocycles. The van der Waals surface area contributed by atoms with Gasteiger partial charge in [0.25, 0.3) is 0 Å². The van der Waals surface area contributed by atoms with E-state index in [0.29, 0.717) is 4.57 Å². The third kappa shape index (κ3) is 4.05. The van der Waals surface area contributed by atoms with Gasteiger partial charge in [-0.15, -0.1) is 0 Å². The van der Waals surface area contributed by atoms with Crippen molar-refractivity contribution < 1.29 is 41.4 Å². The maximum absolute atomic E-state index is 14.8. The Morgan fingerprint density at radius 2 is 1.90 bits per heavy atom. The highest BCUT2D eigenvalue weighted by Gasteiger charge is 2.52. The van der Waals surface area contributed by atoms with Gasteiger partial charge in [0, 0.05) is 13.8 Å². The summed E-state index contributed by atoms with van der Waals surface area (Å²) >= 11 is 0. The number of anilines is 1. The second kappa shape index (κ2) is 7.55. The van der Waals surface area contributed by atoms with Gasteiger partial charge >= 0.3 is 23.8 Å². The first-order valence-corrected chi connectivity index (χ1v) is 8.33. The van der Waals surface area contributed by atoms with Crippen molar-refractivity contribution in [2.45, 2.75) is 51.4 Å². The zero-order chi connectivity index (χ0) is 22.4. The van der Waals surface area contributed by atoms with E-state index in [2.05, 4.69) is 14.7 Å². The minimum Gasteiger partial charge on any atom is -0.454 e. The molecule has 1 fully saturated rings. The third-order valence-corrected chi connectivity index (χ3v) is 4.03. The average Bonchev–Trinajstić information content (AvgIpc) is 3.01. The minimum atomic E-state index is -4.79. The average molecular weight is 437 g/mol. The molecule has 0 radical (unpaired) electrons. The highest BCUT2D eigenvalue weighted by Crippen LogP contribution is 2.35. The van der Waals surface area contributed by atoms with Crippen molar-refractivity contribution >= 4 is 29.1 Å². The summed E-state index contributed by atoms with van der Waals surface area (Å²) in [5, 5.41) is 0. The summed E-state index contributed by atoms with van der Waals surface area (Å²) in [6.07, 6.45) is -11.7. The smallest absolute Gasteiger partial charge is 0.406 e. The first-order valence-electron chi connectivity index (χ1n) is 8.33. The molecule has 0 aromatic carbocycles. The summed E-state index contributed by atoms with van der Waals surface area (Å²) in [5.74, 6) is -2.31. The number of nitrogen functional groups attached to an aromatic ring is 1. The molecule has 1 aliphatic heterocycles. The van der Waals surface area contributed by atoms with Crippen LogP contribution in [0.25, 0.3) is 11.2 Å². The van der Waals surface area contributed by atoms with E-state index in [1.807, 2.05) is 0 Å². The van der Waals surface area contributed by atoms with Gasteiger partial charge in [-0.1, -0.05) is 0 Å². The van der Waals surface area contributed by atoms with Gasteiger partial charge in [-0.05, 0) is 0 Å². The van der Waals surface area contributed by atoms with Gasteiger partial charge in [0.05, 0.1) is 6.20 Å². The molecule has 164 valence electrons. The van der Waals surface area contributed by atoms with Gasteiger partial charge in [0.1, 0.15) is 12.1 Å². The Kier molecular flexibility index (Phi) is 5.40. The van der Waals surface area contributed by atoms with Gasteiger partial charge in [-0.2, -0.15) is 18.2 Å². The number of carbonyl (C=O) groups is 2. The first-order chi connectivity index (χ1) is 13.9. The van der Waals surface area contributed by atoms with E-state index in [9.17, 15) is 31.9 Å². The minimum absolute atomic E-state index is 0.287. The number of ether oxygens (including phenoxy) is 3. The van der Waals surface area contributed by atoms with E-state index in [-0.39, 0.29) is 10.1 Å². The topological polar surface area (TPSA) is 141 Å². The number of aromatic nitrogens is 4. The standard InChI is InChI=1S/C15H15F4N5O6/c1-5(25)28-9-8(16)12(29-6(2)26)30-11(9)24-10-7(3-21-13(20)22-10)23(14(24)27)4-15(17,18)19/h3,8-9,11-12H,4H2,1-2H3,(H2,20,21,22)/t8-,9-,11-,12+/m1/s1. The molecule has 15 heteroatoms. The van der Waals surface area contributed by atoms with E-state index in [4.69, 9.17) is 15.2 Å². The summed E-state index contributed by atoms with van der Waals surface area (Å²) in [5.41, 5.74) is 3.38. The fourth-order valence-corrected chi connectivity index (χ4v) is 3.01. The second-order valence-electron chi connectivity index (χ2n) is 6.31. The number of nitrogens with two attached hydrogens (primary N) is 1. The molecule has 30 heavy (non-hydrogen) atoms. The van der Waals surface area contributed by atoms with Crippen LogP contribution in [0.1, 0.15) is 20.1 Å². The zero-order valence-electron chi connectivity index (χ0n) is 15.4. The van der Waals surface area contributed by atoms with E-state index < -0.39 is 66.7 Å². The monoisotopic (exact) mass is 437 g/mol. The Labute approximate surface area is 164 Å². The predicted molar refractivity (Wildman–Crippen MR) is 88.4 cm³/mol. The fourth-order valence-electron chi connectivity index (χ4n) is 3.01. The van der Waals surface area contributed by atoms with Crippen molar-refractivity contribution in [3.63, 3.8) is 0 Å². The summed E-state index contributed by atoms with van der Waals surface area (Å²) in [7, 11) is 0. The number of imidazole rings is 1. The van der Waals surface area contributed by atoms with E-state index >= 15 is 0 Å². The van der Waals surface area contributed by atoms with Crippen molar-refractivity contribution in [1.29, 1.82) is 0 Å². The molecule has 2 aromatic heterocycles. The highest BCUT2D eigenvalue weighted by molar-refractivity contribution is 5.72. The number of rotatable bonds is 4. The van der Waals surface area contributed by atoms with Crippen LogP contribution in [-0.2, 0) is 30.3 Å². The van der Waals surface area contributed by atoms with Crippen LogP contribution in [0.15, 0.2) is 11.0 Å². The van der Waals surface area contributed by atoms with E-state index in [1.54, 1.807) is 0 Å². The number of halogens is 4. The van der Waals surface area contributed by atoms with Crippen LogP contribution in [0.3, 0.4) is 0 Å². The lowest BCUT2D eigenvalue weighted by Crippen LogP contribution is -2.38.